The molecule has 1 aromatic heterocycles. The molecular formula is C21H25ClFN3O2. The molecule has 1 saturated heterocycles. The van der Waals surface area contributed by atoms with Crippen LogP contribution in [-0.4, -0.2) is 41.2 Å². The first-order valence-corrected chi connectivity index (χ1v) is 9.85. The van der Waals surface area contributed by atoms with Crippen molar-refractivity contribution in [2.75, 3.05) is 19.6 Å². The first-order chi connectivity index (χ1) is 13.3. The summed E-state index contributed by atoms with van der Waals surface area (Å²) < 4.78 is 14.5. The topological polar surface area (TPSA) is 65.2 Å². The van der Waals surface area contributed by atoms with Gasteiger partial charge in [-0.25, -0.2) is 4.39 Å². The first kappa shape index (κ1) is 20.6. The predicted octanol–water partition coefficient (Wildman–Crippen LogP) is 4.19. The molecule has 0 bridgehead atoms. The van der Waals surface area contributed by atoms with Gasteiger partial charge < -0.3 is 10.3 Å². The van der Waals surface area contributed by atoms with Gasteiger partial charge in [0.15, 0.2) is 5.78 Å². The Bertz CT molecular complexity index is 883. The molecule has 28 heavy (non-hydrogen) atoms. The van der Waals surface area contributed by atoms with Crippen molar-refractivity contribution in [3.05, 3.63) is 57.1 Å². The van der Waals surface area contributed by atoms with Gasteiger partial charge in [0, 0.05) is 28.4 Å². The SMILES string of the molecule is CC(=O)c1c(C)[nH]c(C(=O)NCC(c2c(F)cccc2Cl)N2CCCC2)c1C. The number of hydrogen-bond acceptors (Lipinski definition) is 3. The molecule has 7 heteroatoms. The molecule has 2 aromatic rings. The summed E-state index contributed by atoms with van der Waals surface area (Å²) in [7, 11) is 0. The lowest BCUT2D eigenvalue weighted by Crippen LogP contribution is -2.37. The van der Waals surface area contributed by atoms with Crippen LogP contribution in [0.15, 0.2) is 18.2 Å². The molecule has 1 unspecified atom stereocenters. The Kier molecular flexibility index (Phi) is 6.20. The van der Waals surface area contributed by atoms with Crippen LogP contribution in [0.2, 0.25) is 5.02 Å². The zero-order chi connectivity index (χ0) is 20.4. The minimum absolute atomic E-state index is 0.0848. The van der Waals surface area contributed by atoms with E-state index in [1.807, 2.05) is 0 Å². The summed E-state index contributed by atoms with van der Waals surface area (Å²) in [4.78, 5) is 29.7. The maximum atomic E-state index is 14.5. The Morgan fingerprint density at radius 1 is 1.29 bits per heavy atom. The van der Waals surface area contributed by atoms with Crippen molar-refractivity contribution in [2.24, 2.45) is 0 Å². The number of aromatic amines is 1. The summed E-state index contributed by atoms with van der Waals surface area (Å²) in [5.74, 6) is -0.771. The number of carbonyl (C=O) groups is 2. The summed E-state index contributed by atoms with van der Waals surface area (Å²) in [6.45, 7) is 6.90. The fourth-order valence-electron chi connectivity index (χ4n) is 4.08. The third kappa shape index (κ3) is 3.98. The van der Waals surface area contributed by atoms with Crippen LogP contribution in [0.25, 0.3) is 0 Å². The van der Waals surface area contributed by atoms with Crippen LogP contribution in [0, 0.1) is 19.7 Å². The Morgan fingerprint density at radius 2 is 1.96 bits per heavy atom. The number of nitrogens with one attached hydrogen (secondary N) is 2. The smallest absolute Gasteiger partial charge is 0.268 e. The number of benzene rings is 1. The van der Waals surface area contributed by atoms with Gasteiger partial charge in [-0.2, -0.15) is 0 Å². The van der Waals surface area contributed by atoms with Crippen LogP contribution in [0.4, 0.5) is 4.39 Å². The lowest BCUT2D eigenvalue weighted by Gasteiger charge is -2.29. The minimum Gasteiger partial charge on any atom is -0.354 e. The van der Waals surface area contributed by atoms with E-state index in [-0.39, 0.29) is 30.1 Å². The molecule has 1 atom stereocenters. The van der Waals surface area contributed by atoms with Crippen molar-refractivity contribution in [3.63, 3.8) is 0 Å². The van der Waals surface area contributed by atoms with Gasteiger partial charge in [0.2, 0.25) is 0 Å². The largest absolute Gasteiger partial charge is 0.354 e. The van der Waals surface area contributed by atoms with Crippen LogP contribution >= 0.6 is 11.6 Å². The highest BCUT2D eigenvalue weighted by Crippen LogP contribution is 2.32. The molecule has 1 aromatic carbocycles. The molecule has 0 saturated carbocycles. The molecule has 2 N–H and O–H groups in total. The Labute approximate surface area is 169 Å². The number of H-pyrrole nitrogens is 1. The van der Waals surface area contributed by atoms with Crippen LogP contribution in [0.3, 0.4) is 0 Å². The molecule has 0 spiro atoms. The quantitative estimate of drug-likeness (QED) is 0.708. The Hall–Kier alpha value is -2.18. The van der Waals surface area contributed by atoms with Gasteiger partial charge in [0.1, 0.15) is 11.5 Å². The predicted molar refractivity (Wildman–Crippen MR) is 108 cm³/mol. The van der Waals surface area contributed by atoms with Crippen molar-refractivity contribution >= 4 is 23.3 Å². The van der Waals surface area contributed by atoms with Gasteiger partial charge in [0.25, 0.3) is 5.91 Å². The number of Topliss-reactive ketones (excluding diaryl/α,β-unsaturated/α-hetero) is 1. The van der Waals surface area contributed by atoms with Crippen molar-refractivity contribution in [1.82, 2.24) is 15.2 Å². The zero-order valence-electron chi connectivity index (χ0n) is 16.4. The standard InChI is InChI=1S/C21H25ClFN3O2/c1-12-18(14(3)27)13(2)25-20(12)21(28)24-11-17(26-9-4-5-10-26)19-15(22)7-6-8-16(19)23/h6-8,17,25H,4-5,9-11H2,1-3H3,(H,24,28). The van der Waals surface area contributed by atoms with Gasteiger partial charge in [0.05, 0.1) is 6.04 Å². The number of hydrogen-bond donors (Lipinski definition) is 2. The van der Waals surface area contributed by atoms with Gasteiger partial charge in [-0.3, -0.25) is 14.5 Å². The number of aryl methyl sites for hydroxylation is 1. The second-order valence-electron chi connectivity index (χ2n) is 7.29. The third-order valence-electron chi connectivity index (χ3n) is 5.39. The van der Waals surface area contributed by atoms with Crippen LogP contribution in [-0.2, 0) is 0 Å². The fraction of sp³-hybridized carbons (Fsp3) is 0.429. The highest BCUT2D eigenvalue weighted by Gasteiger charge is 2.29. The molecule has 150 valence electrons. The molecule has 2 heterocycles. The van der Waals surface area contributed by atoms with E-state index < -0.39 is 0 Å². The van der Waals surface area contributed by atoms with Crippen LogP contribution < -0.4 is 5.32 Å². The molecule has 3 rings (SSSR count). The van der Waals surface area contributed by atoms with E-state index in [0.29, 0.717) is 33.1 Å². The van der Waals surface area contributed by atoms with Gasteiger partial charge in [-0.1, -0.05) is 17.7 Å². The number of ketones is 1. The highest BCUT2D eigenvalue weighted by atomic mass is 35.5. The maximum Gasteiger partial charge on any atom is 0.268 e. The number of likely N-dealkylation sites (tertiary alicyclic amines) is 1. The van der Waals surface area contributed by atoms with Crippen molar-refractivity contribution in [3.8, 4) is 0 Å². The highest BCUT2D eigenvalue weighted by molar-refractivity contribution is 6.31. The zero-order valence-corrected chi connectivity index (χ0v) is 17.1. The van der Waals surface area contributed by atoms with E-state index in [1.54, 1.807) is 26.0 Å². The summed E-state index contributed by atoms with van der Waals surface area (Å²) in [6, 6.07) is 4.30. The van der Waals surface area contributed by atoms with Crippen molar-refractivity contribution in [2.45, 2.75) is 39.7 Å². The van der Waals surface area contributed by atoms with Gasteiger partial charge in [-0.15, -0.1) is 0 Å². The van der Waals surface area contributed by atoms with Gasteiger partial charge in [-0.05, 0) is 64.4 Å². The summed E-state index contributed by atoms with van der Waals surface area (Å²) in [6.07, 6.45) is 2.07. The number of aromatic nitrogens is 1. The number of rotatable bonds is 6. The number of halogens is 2. The lowest BCUT2D eigenvalue weighted by molar-refractivity contribution is 0.0932. The number of carbonyl (C=O) groups excluding carboxylic acids is 2. The van der Waals surface area contributed by atoms with E-state index in [9.17, 15) is 14.0 Å². The number of nitrogens with zero attached hydrogens (tertiary/aromatic N) is 1. The molecule has 1 amide bonds. The molecule has 1 aliphatic heterocycles. The summed E-state index contributed by atoms with van der Waals surface area (Å²) >= 11 is 6.30. The first-order valence-electron chi connectivity index (χ1n) is 9.47. The van der Waals surface area contributed by atoms with E-state index in [0.717, 1.165) is 25.9 Å². The Morgan fingerprint density at radius 3 is 2.54 bits per heavy atom. The second kappa shape index (κ2) is 8.45. The minimum atomic E-state index is -0.371. The second-order valence-corrected chi connectivity index (χ2v) is 7.69. The molecule has 1 fully saturated rings. The maximum absolute atomic E-state index is 14.5. The average molecular weight is 406 g/mol. The van der Waals surface area contributed by atoms with Crippen LogP contribution in [0.1, 0.15) is 63.5 Å². The number of amides is 1. The summed E-state index contributed by atoms with van der Waals surface area (Å²) in [5.41, 5.74) is 2.61. The van der Waals surface area contributed by atoms with Crippen molar-refractivity contribution < 1.29 is 14.0 Å². The molecule has 0 radical (unpaired) electrons. The van der Waals surface area contributed by atoms with E-state index >= 15 is 0 Å². The Balaban J connectivity index is 1.84. The monoisotopic (exact) mass is 405 g/mol. The van der Waals surface area contributed by atoms with E-state index in [4.69, 9.17) is 11.6 Å². The molecule has 0 aliphatic carbocycles. The van der Waals surface area contributed by atoms with E-state index in [1.165, 1.54) is 13.0 Å². The summed E-state index contributed by atoms with van der Waals surface area (Å²) in [5, 5.41) is 3.26. The molecular weight excluding hydrogens is 381 g/mol. The third-order valence-corrected chi connectivity index (χ3v) is 5.72. The van der Waals surface area contributed by atoms with Crippen molar-refractivity contribution in [1.29, 1.82) is 0 Å². The average Bonchev–Trinajstić information content (AvgIpc) is 3.25. The normalized spacial score (nSPS) is 15.6. The molecule has 5 nitrogen and oxygen atoms in total. The fourth-order valence-corrected chi connectivity index (χ4v) is 4.37. The van der Waals surface area contributed by atoms with Crippen LogP contribution in [0.5, 0.6) is 0 Å². The molecule has 1 aliphatic rings. The van der Waals surface area contributed by atoms with Gasteiger partial charge >= 0.3 is 0 Å². The van der Waals surface area contributed by atoms with E-state index in [2.05, 4.69) is 15.2 Å². The lowest BCUT2D eigenvalue weighted by atomic mass is 10.0.